The monoisotopic (exact) mass is 209 g/mol. The predicted octanol–water partition coefficient (Wildman–Crippen LogP) is 1.75. The molecule has 0 bridgehead atoms. The summed E-state index contributed by atoms with van der Waals surface area (Å²) in [5.74, 6) is 0. The summed E-state index contributed by atoms with van der Waals surface area (Å²) in [6.45, 7) is 0. The van der Waals surface area contributed by atoms with E-state index < -0.39 is 5.24 Å². The van der Waals surface area contributed by atoms with Crippen LogP contribution >= 0.6 is 35.6 Å². The van der Waals surface area contributed by atoms with Crippen LogP contribution in [-0.4, -0.2) is 17.1 Å². The average Bonchev–Trinajstić information content (AvgIpc) is 2.59. The van der Waals surface area contributed by atoms with Crippen LogP contribution in [0.5, 0.6) is 0 Å². The molecule has 1 saturated heterocycles. The maximum Gasteiger partial charge on any atom is 0.318 e. The Hall–Kier alpha value is 0.670. The minimum atomic E-state index is -0.559. The maximum absolute atomic E-state index is 5.55. The van der Waals surface area contributed by atoms with Gasteiger partial charge >= 0.3 is 5.24 Å². The van der Waals surface area contributed by atoms with E-state index in [2.05, 4.69) is 5.32 Å². The molecule has 0 aromatic rings. The molecule has 0 aliphatic carbocycles. The number of nitrogens with one attached hydrogen (secondary N) is 1. The lowest BCUT2D eigenvalue weighted by atomic mass is 11.0. The Kier molecular flexibility index (Phi) is 2.40. The van der Waals surface area contributed by atoms with Crippen molar-refractivity contribution >= 4 is 35.6 Å². The molecule has 1 fully saturated rings. The van der Waals surface area contributed by atoms with E-state index in [-0.39, 0.29) is 4.77 Å². The molecule has 1 atom stereocenters. The third kappa shape index (κ3) is 1.88. The van der Waals surface area contributed by atoms with E-state index in [9.17, 15) is 0 Å². The molecule has 3 nitrogen and oxygen atoms in total. The van der Waals surface area contributed by atoms with Gasteiger partial charge in [-0.1, -0.05) is 23.5 Å². The van der Waals surface area contributed by atoms with Gasteiger partial charge in [0.05, 0.1) is 12.0 Å². The lowest BCUT2D eigenvalue weighted by Crippen LogP contribution is -2.32. The molecule has 0 spiro atoms. The van der Waals surface area contributed by atoms with E-state index in [1.165, 1.54) is 12.0 Å². The van der Waals surface area contributed by atoms with Crippen LogP contribution in [0.4, 0.5) is 0 Å². The molecule has 6 heteroatoms. The third-order valence-corrected chi connectivity index (χ3v) is 4.06. The second-order valence-corrected chi connectivity index (χ2v) is 5.04. The van der Waals surface area contributed by atoms with Gasteiger partial charge in [0.15, 0.2) is 4.77 Å². The highest BCUT2D eigenvalue weighted by molar-refractivity contribution is 8.22. The van der Waals surface area contributed by atoms with Crippen molar-refractivity contribution in [1.29, 1.82) is 0 Å². The van der Waals surface area contributed by atoms with Crippen molar-refractivity contribution in [1.82, 2.24) is 5.32 Å². The van der Waals surface area contributed by atoms with Crippen LogP contribution in [0.25, 0.3) is 0 Å². The van der Waals surface area contributed by atoms with Crippen LogP contribution in [-0.2, 0) is 8.92 Å². The van der Waals surface area contributed by atoms with Gasteiger partial charge in [0.25, 0.3) is 0 Å². The van der Waals surface area contributed by atoms with Crippen molar-refractivity contribution in [3.05, 3.63) is 10.8 Å². The van der Waals surface area contributed by atoms with Crippen molar-refractivity contribution < 1.29 is 8.92 Å². The molecule has 1 N–H and O–H groups in total. The number of hydrogen-bond acceptors (Lipinski definition) is 6. The van der Waals surface area contributed by atoms with Crippen LogP contribution in [0.2, 0.25) is 0 Å². The molecule has 0 aromatic carbocycles. The first-order valence-corrected chi connectivity index (χ1v) is 5.67. The number of rotatable bonds is 3. The summed E-state index contributed by atoms with van der Waals surface area (Å²) in [7, 11) is 1.82. The Morgan fingerprint density at radius 1 is 1.55 bits per heavy atom. The largest absolute Gasteiger partial charge is 0.318 e. The topological polar surface area (TPSA) is 33.8 Å². The van der Waals surface area contributed by atoms with Gasteiger partial charge in [0, 0.05) is 0 Å². The molecule has 2 aliphatic rings. The molecule has 0 aromatic heterocycles. The SMILES string of the molecule is CNC1(OC2SC=CS2)OS1. The van der Waals surface area contributed by atoms with E-state index >= 15 is 0 Å². The van der Waals surface area contributed by atoms with Crippen molar-refractivity contribution in [3.8, 4) is 0 Å². The number of ether oxygens (including phenoxy) is 1. The van der Waals surface area contributed by atoms with Gasteiger partial charge < -0.3 is 4.74 Å². The fourth-order valence-electron chi connectivity index (χ4n) is 0.626. The van der Waals surface area contributed by atoms with Gasteiger partial charge in [-0.2, -0.15) is 0 Å². The molecular weight excluding hydrogens is 202 g/mol. The molecule has 0 amide bonds. The predicted molar refractivity (Wildman–Crippen MR) is 49.7 cm³/mol. The highest BCUT2D eigenvalue weighted by Crippen LogP contribution is 2.50. The smallest absolute Gasteiger partial charge is 0.301 e. The van der Waals surface area contributed by atoms with Crippen molar-refractivity contribution in [2.75, 3.05) is 7.05 Å². The summed E-state index contributed by atoms with van der Waals surface area (Å²) in [5.41, 5.74) is 0. The molecule has 2 rings (SSSR count). The number of hydrogen-bond donors (Lipinski definition) is 1. The molecule has 0 radical (unpaired) electrons. The third-order valence-electron chi connectivity index (χ3n) is 1.23. The Bertz CT molecular complexity index is 175. The highest BCUT2D eigenvalue weighted by atomic mass is 32.2. The standard InChI is InChI=1S/C5H7NO2S3/c1-6-5(8-11-5)7-4-9-2-3-10-4/h2-4,6H,1H3. The minimum Gasteiger partial charge on any atom is -0.301 e. The van der Waals surface area contributed by atoms with Crippen LogP contribution in [0.1, 0.15) is 0 Å². The van der Waals surface area contributed by atoms with Crippen LogP contribution in [0.15, 0.2) is 10.8 Å². The molecule has 62 valence electrons. The summed E-state index contributed by atoms with van der Waals surface area (Å²) in [6.07, 6.45) is 0. The molecule has 2 heterocycles. The second-order valence-electron chi connectivity index (χ2n) is 1.92. The molecule has 11 heavy (non-hydrogen) atoms. The lowest BCUT2D eigenvalue weighted by Gasteiger charge is -2.13. The Balaban J connectivity index is 1.81. The lowest BCUT2D eigenvalue weighted by molar-refractivity contribution is -0.0478. The fourth-order valence-corrected chi connectivity index (χ4v) is 2.96. The first-order valence-electron chi connectivity index (χ1n) is 3.04. The Morgan fingerprint density at radius 2 is 2.18 bits per heavy atom. The van der Waals surface area contributed by atoms with Crippen molar-refractivity contribution in [3.63, 3.8) is 0 Å². The van der Waals surface area contributed by atoms with E-state index in [1.807, 2.05) is 17.9 Å². The Labute approximate surface area is 77.9 Å². The van der Waals surface area contributed by atoms with Gasteiger partial charge in [-0.3, -0.25) is 5.32 Å². The number of thioether (sulfide) groups is 2. The quantitative estimate of drug-likeness (QED) is 0.433. The summed E-state index contributed by atoms with van der Waals surface area (Å²) < 4.78 is 10.7. The summed E-state index contributed by atoms with van der Waals surface area (Å²) in [4.78, 5) is 0. The second kappa shape index (κ2) is 3.20. The first-order chi connectivity index (χ1) is 5.35. The van der Waals surface area contributed by atoms with Crippen LogP contribution < -0.4 is 5.32 Å². The normalized spacial score (nSPS) is 36.5. The van der Waals surface area contributed by atoms with Crippen molar-refractivity contribution in [2.45, 2.75) is 10.0 Å². The van der Waals surface area contributed by atoms with Gasteiger partial charge in [-0.15, -0.1) is 0 Å². The highest BCUT2D eigenvalue weighted by Gasteiger charge is 2.50. The molecule has 2 aliphatic heterocycles. The zero-order chi connectivity index (χ0) is 7.73. The summed E-state index contributed by atoms with van der Waals surface area (Å²) in [6, 6.07) is 0. The summed E-state index contributed by atoms with van der Waals surface area (Å²) >= 11 is 4.62. The Morgan fingerprint density at radius 3 is 2.64 bits per heavy atom. The van der Waals surface area contributed by atoms with E-state index in [0.717, 1.165) is 0 Å². The van der Waals surface area contributed by atoms with Crippen LogP contribution in [0, 0.1) is 0 Å². The molecular formula is C5H7NO2S3. The zero-order valence-corrected chi connectivity index (χ0v) is 8.22. The van der Waals surface area contributed by atoms with E-state index in [1.54, 1.807) is 23.5 Å². The van der Waals surface area contributed by atoms with E-state index in [0.29, 0.717) is 0 Å². The zero-order valence-electron chi connectivity index (χ0n) is 5.77. The van der Waals surface area contributed by atoms with Gasteiger partial charge in [0.1, 0.15) is 0 Å². The minimum absolute atomic E-state index is 0.137. The summed E-state index contributed by atoms with van der Waals surface area (Å²) in [5, 5.41) is 6.42. The van der Waals surface area contributed by atoms with Crippen molar-refractivity contribution in [2.24, 2.45) is 0 Å². The van der Waals surface area contributed by atoms with Gasteiger partial charge in [-0.05, 0) is 17.9 Å². The van der Waals surface area contributed by atoms with Crippen LogP contribution in [0.3, 0.4) is 0 Å². The maximum atomic E-state index is 5.55. The fraction of sp³-hybridized carbons (Fsp3) is 0.600. The average molecular weight is 209 g/mol. The molecule has 0 saturated carbocycles. The van der Waals surface area contributed by atoms with Gasteiger partial charge in [-0.25, -0.2) is 4.18 Å². The first kappa shape index (κ1) is 8.28. The van der Waals surface area contributed by atoms with Gasteiger partial charge in [0.2, 0.25) is 0 Å². The van der Waals surface area contributed by atoms with E-state index in [4.69, 9.17) is 8.92 Å². The molecule has 1 unspecified atom stereocenters.